The summed E-state index contributed by atoms with van der Waals surface area (Å²) in [4.78, 5) is 16.2. The molecule has 2 aromatic carbocycles. The van der Waals surface area contributed by atoms with Crippen LogP contribution in [0.25, 0.3) is 0 Å². The standard InChI is InChI=1S/C21H21NO4/c1-24-17-10-8-15(9-11-17)14-18-19(12-13-20(23)25-2)26-21(22-18)16-6-4-3-5-7-16/h3-13,18-19H,14H2,1-2H3/b13-12+/t18-,19-/m1/s1. The minimum Gasteiger partial charge on any atom is -0.497 e. The summed E-state index contributed by atoms with van der Waals surface area (Å²) in [6.07, 6.45) is 3.46. The van der Waals surface area contributed by atoms with E-state index in [-0.39, 0.29) is 12.1 Å². The molecular weight excluding hydrogens is 330 g/mol. The van der Waals surface area contributed by atoms with E-state index in [1.54, 1.807) is 13.2 Å². The molecule has 0 saturated heterocycles. The lowest BCUT2D eigenvalue weighted by Gasteiger charge is -2.14. The molecule has 0 saturated carbocycles. The first-order valence-electron chi connectivity index (χ1n) is 8.38. The largest absolute Gasteiger partial charge is 0.497 e. The van der Waals surface area contributed by atoms with Crippen molar-refractivity contribution in [1.82, 2.24) is 0 Å². The highest BCUT2D eigenvalue weighted by Crippen LogP contribution is 2.23. The van der Waals surface area contributed by atoms with Gasteiger partial charge in [-0.25, -0.2) is 9.79 Å². The monoisotopic (exact) mass is 351 g/mol. The maximum absolute atomic E-state index is 11.4. The number of carbonyl (C=O) groups is 1. The Morgan fingerprint density at radius 2 is 1.85 bits per heavy atom. The van der Waals surface area contributed by atoms with Gasteiger partial charge in [-0.05, 0) is 42.3 Å². The summed E-state index contributed by atoms with van der Waals surface area (Å²) in [5.41, 5.74) is 2.04. The van der Waals surface area contributed by atoms with Gasteiger partial charge < -0.3 is 14.2 Å². The highest BCUT2D eigenvalue weighted by Gasteiger charge is 2.30. The second-order valence-corrected chi connectivity index (χ2v) is 5.88. The van der Waals surface area contributed by atoms with Crippen molar-refractivity contribution in [3.05, 3.63) is 77.9 Å². The van der Waals surface area contributed by atoms with E-state index in [4.69, 9.17) is 14.5 Å². The van der Waals surface area contributed by atoms with E-state index in [1.807, 2.05) is 54.6 Å². The van der Waals surface area contributed by atoms with Crippen LogP contribution in [0.2, 0.25) is 0 Å². The predicted molar refractivity (Wildman–Crippen MR) is 99.5 cm³/mol. The molecule has 0 spiro atoms. The molecule has 0 aromatic heterocycles. The number of hydrogen-bond acceptors (Lipinski definition) is 5. The van der Waals surface area contributed by atoms with Gasteiger partial charge in [0.15, 0.2) is 0 Å². The average Bonchev–Trinajstić information content (AvgIpc) is 3.10. The molecule has 2 atom stereocenters. The molecule has 3 rings (SSSR count). The Bertz CT molecular complexity index is 797. The van der Waals surface area contributed by atoms with Crippen molar-refractivity contribution >= 4 is 11.9 Å². The number of rotatable bonds is 6. The molecule has 1 aliphatic heterocycles. The summed E-state index contributed by atoms with van der Waals surface area (Å²) in [5, 5.41) is 0. The Balaban J connectivity index is 1.81. The van der Waals surface area contributed by atoms with Crippen molar-refractivity contribution in [2.75, 3.05) is 14.2 Å². The number of carbonyl (C=O) groups excluding carboxylic acids is 1. The highest BCUT2D eigenvalue weighted by molar-refractivity contribution is 5.95. The van der Waals surface area contributed by atoms with Crippen molar-refractivity contribution in [1.29, 1.82) is 0 Å². The summed E-state index contributed by atoms with van der Waals surface area (Å²) in [6, 6.07) is 17.5. The first-order valence-corrected chi connectivity index (χ1v) is 8.38. The van der Waals surface area contributed by atoms with Gasteiger partial charge in [0.05, 0.1) is 20.3 Å². The maximum atomic E-state index is 11.4. The Morgan fingerprint density at radius 3 is 2.50 bits per heavy atom. The lowest BCUT2D eigenvalue weighted by atomic mass is 10.0. The molecule has 0 radical (unpaired) electrons. The van der Waals surface area contributed by atoms with Gasteiger partial charge in [0.25, 0.3) is 0 Å². The molecule has 1 heterocycles. The van der Waals surface area contributed by atoms with E-state index >= 15 is 0 Å². The quantitative estimate of drug-likeness (QED) is 0.592. The Morgan fingerprint density at radius 1 is 1.12 bits per heavy atom. The fourth-order valence-corrected chi connectivity index (χ4v) is 2.76. The van der Waals surface area contributed by atoms with Crippen LogP contribution < -0.4 is 4.74 Å². The fraction of sp³-hybridized carbons (Fsp3) is 0.238. The zero-order valence-corrected chi connectivity index (χ0v) is 14.8. The SMILES string of the molecule is COC(=O)/C=C/[C@H]1OC(c2ccccc2)=N[C@@H]1Cc1ccc(OC)cc1. The van der Waals surface area contributed by atoms with E-state index in [1.165, 1.54) is 13.2 Å². The second kappa shape index (κ2) is 8.34. The fourth-order valence-electron chi connectivity index (χ4n) is 2.76. The van der Waals surface area contributed by atoms with E-state index in [9.17, 15) is 4.79 Å². The van der Waals surface area contributed by atoms with Crippen molar-refractivity contribution < 1.29 is 19.0 Å². The van der Waals surface area contributed by atoms with Crippen molar-refractivity contribution in [2.24, 2.45) is 4.99 Å². The number of esters is 1. The van der Waals surface area contributed by atoms with Gasteiger partial charge in [0.2, 0.25) is 5.90 Å². The summed E-state index contributed by atoms with van der Waals surface area (Å²) < 4.78 is 15.9. The number of methoxy groups -OCH3 is 2. The molecule has 0 N–H and O–H groups in total. The second-order valence-electron chi connectivity index (χ2n) is 5.88. The Hall–Kier alpha value is -3.08. The lowest BCUT2D eigenvalue weighted by molar-refractivity contribution is -0.134. The predicted octanol–water partition coefficient (Wildman–Crippen LogP) is 3.18. The van der Waals surface area contributed by atoms with Crippen LogP contribution in [0.5, 0.6) is 5.75 Å². The van der Waals surface area contributed by atoms with Crippen LogP contribution in [0.15, 0.2) is 71.7 Å². The van der Waals surface area contributed by atoms with Crippen LogP contribution in [0, 0.1) is 0 Å². The number of ether oxygens (including phenoxy) is 3. The molecular formula is C21H21NO4. The summed E-state index contributed by atoms with van der Waals surface area (Å²) >= 11 is 0. The smallest absolute Gasteiger partial charge is 0.330 e. The third-order valence-corrected chi connectivity index (χ3v) is 4.16. The summed E-state index contributed by atoms with van der Waals surface area (Å²) in [6.45, 7) is 0. The van der Waals surface area contributed by atoms with Gasteiger partial charge in [0, 0.05) is 11.6 Å². The van der Waals surface area contributed by atoms with Crippen LogP contribution in [0.4, 0.5) is 0 Å². The van der Waals surface area contributed by atoms with Crippen LogP contribution in [-0.2, 0) is 20.7 Å². The van der Waals surface area contributed by atoms with E-state index in [0.717, 1.165) is 16.9 Å². The molecule has 0 aliphatic carbocycles. The molecule has 26 heavy (non-hydrogen) atoms. The third-order valence-electron chi connectivity index (χ3n) is 4.16. The molecule has 134 valence electrons. The van der Waals surface area contributed by atoms with E-state index in [2.05, 4.69) is 4.74 Å². The van der Waals surface area contributed by atoms with Crippen LogP contribution in [-0.4, -0.2) is 38.2 Å². The first kappa shape index (κ1) is 17.7. The molecule has 1 aliphatic rings. The zero-order chi connectivity index (χ0) is 18.4. The molecule has 0 unspecified atom stereocenters. The number of nitrogens with zero attached hydrogens (tertiary/aromatic N) is 1. The van der Waals surface area contributed by atoms with Gasteiger partial charge >= 0.3 is 5.97 Å². The van der Waals surface area contributed by atoms with E-state index < -0.39 is 5.97 Å². The highest BCUT2D eigenvalue weighted by atomic mass is 16.5. The molecule has 5 heteroatoms. The van der Waals surface area contributed by atoms with Gasteiger partial charge in [-0.1, -0.05) is 30.3 Å². The maximum Gasteiger partial charge on any atom is 0.330 e. The van der Waals surface area contributed by atoms with Gasteiger partial charge in [0.1, 0.15) is 11.9 Å². The van der Waals surface area contributed by atoms with Gasteiger partial charge in [-0.2, -0.15) is 0 Å². The topological polar surface area (TPSA) is 57.1 Å². The average molecular weight is 351 g/mol. The van der Waals surface area contributed by atoms with Crippen molar-refractivity contribution in [3.63, 3.8) is 0 Å². The minimum absolute atomic E-state index is 0.125. The van der Waals surface area contributed by atoms with E-state index in [0.29, 0.717) is 12.3 Å². The number of aliphatic imine (C=N–C) groups is 1. The molecule has 5 nitrogen and oxygen atoms in total. The lowest BCUT2D eigenvalue weighted by Crippen LogP contribution is -2.23. The third kappa shape index (κ3) is 4.30. The minimum atomic E-state index is -0.412. The Labute approximate surface area is 152 Å². The van der Waals surface area contributed by atoms with Gasteiger partial charge in [-0.3, -0.25) is 0 Å². The van der Waals surface area contributed by atoms with Crippen molar-refractivity contribution in [2.45, 2.75) is 18.6 Å². The number of benzene rings is 2. The van der Waals surface area contributed by atoms with Gasteiger partial charge in [-0.15, -0.1) is 0 Å². The molecule has 0 fully saturated rings. The Kier molecular flexibility index (Phi) is 5.69. The zero-order valence-electron chi connectivity index (χ0n) is 14.8. The summed E-state index contributed by atoms with van der Waals surface area (Å²) in [7, 11) is 2.99. The first-order chi connectivity index (χ1) is 12.7. The van der Waals surface area contributed by atoms with Crippen LogP contribution in [0.1, 0.15) is 11.1 Å². The van der Waals surface area contributed by atoms with Crippen LogP contribution >= 0.6 is 0 Å². The molecule has 0 amide bonds. The van der Waals surface area contributed by atoms with Crippen LogP contribution in [0.3, 0.4) is 0 Å². The molecule has 0 bridgehead atoms. The number of hydrogen-bond donors (Lipinski definition) is 0. The molecule has 2 aromatic rings. The summed E-state index contributed by atoms with van der Waals surface area (Å²) in [5.74, 6) is 0.987. The van der Waals surface area contributed by atoms with Crippen molar-refractivity contribution in [3.8, 4) is 5.75 Å². The normalized spacial score (nSPS) is 19.1.